The van der Waals surface area contributed by atoms with Crippen molar-refractivity contribution in [2.45, 2.75) is 45.4 Å². The monoisotopic (exact) mass is 773 g/mol. The molecule has 3 aliphatic carbocycles. The van der Waals surface area contributed by atoms with Crippen molar-refractivity contribution in [1.29, 1.82) is 0 Å². The molecule has 3 unspecified atom stereocenters. The van der Waals surface area contributed by atoms with E-state index in [1.165, 1.54) is 44.2 Å². The Labute approximate surface area is 352 Å². The number of hydrogen-bond donors (Lipinski definition) is 0. The Kier molecular flexibility index (Phi) is 8.39. The molecule has 0 bridgehead atoms. The van der Waals surface area contributed by atoms with Gasteiger partial charge in [0.2, 0.25) is 0 Å². The number of rotatable bonds is 6. The van der Waals surface area contributed by atoms with Crippen LogP contribution in [0, 0.1) is 11.3 Å². The van der Waals surface area contributed by atoms with Gasteiger partial charge in [-0.15, -0.1) is 0 Å². The minimum atomic E-state index is -0.0331. The summed E-state index contributed by atoms with van der Waals surface area (Å²) in [6.07, 6.45) is 14.9. The van der Waals surface area contributed by atoms with Crippen LogP contribution in [0.3, 0.4) is 0 Å². The molecule has 3 aliphatic rings. The van der Waals surface area contributed by atoms with Gasteiger partial charge < -0.3 is 4.57 Å². The first-order chi connectivity index (χ1) is 29.3. The summed E-state index contributed by atoms with van der Waals surface area (Å²) in [4.78, 5) is 10.6. The number of nitrogens with zero attached hydrogens (tertiary/aromatic N) is 3. The van der Waals surface area contributed by atoms with Gasteiger partial charge in [-0.3, -0.25) is 0 Å². The second-order valence-electron chi connectivity index (χ2n) is 17.7. The highest BCUT2D eigenvalue weighted by molar-refractivity contribution is 6.16. The van der Waals surface area contributed by atoms with Crippen LogP contribution in [0.25, 0.3) is 72.3 Å². The zero-order valence-corrected chi connectivity index (χ0v) is 34.6. The van der Waals surface area contributed by atoms with Crippen LogP contribution in [0.2, 0.25) is 0 Å². The molecule has 60 heavy (non-hydrogen) atoms. The first kappa shape index (κ1) is 36.3. The van der Waals surface area contributed by atoms with Crippen LogP contribution in [0.15, 0.2) is 188 Å². The van der Waals surface area contributed by atoms with Gasteiger partial charge >= 0.3 is 0 Å². The first-order valence-corrected chi connectivity index (χ1v) is 21.3. The highest BCUT2D eigenvalue weighted by Crippen LogP contribution is 2.64. The normalized spacial score (nSPS) is 20.2. The number of allylic oxidation sites excluding steroid dienone is 8. The summed E-state index contributed by atoms with van der Waals surface area (Å²) < 4.78 is 2.40. The van der Waals surface area contributed by atoms with E-state index < -0.39 is 0 Å². The Bertz CT molecular complexity index is 3120. The van der Waals surface area contributed by atoms with Gasteiger partial charge in [0.25, 0.3) is 0 Å². The number of hydrogen-bond acceptors (Lipinski definition) is 2. The minimum absolute atomic E-state index is 0.00631. The maximum absolute atomic E-state index is 5.38. The molecule has 0 radical (unpaired) electrons. The van der Waals surface area contributed by atoms with E-state index in [0.29, 0.717) is 5.92 Å². The molecular weight excluding hydrogens is 727 g/mol. The fourth-order valence-electron chi connectivity index (χ4n) is 10.5. The number of benzene rings is 6. The average molecular weight is 774 g/mol. The van der Waals surface area contributed by atoms with Gasteiger partial charge in [-0.1, -0.05) is 173 Å². The third kappa shape index (κ3) is 5.63. The lowest BCUT2D eigenvalue weighted by atomic mass is 9.60. The smallest absolute Gasteiger partial charge is 0.160 e. The van der Waals surface area contributed by atoms with Crippen molar-refractivity contribution in [1.82, 2.24) is 14.5 Å². The molecule has 6 aromatic carbocycles. The Morgan fingerprint density at radius 2 is 1.35 bits per heavy atom. The van der Waals surface area contributed by atoms with Gasteiger partial charge in [-0.2, -0.15) is 0 Å². The van der Waals surface area contributed by atoms with Crippen molar-refractivity contribution in [3.63, 3.8) is 0 Å². The van der Waals surface area contributed by atoms with E-state index in [4.69, 9.17) is 9.97 Å². The molecule has 11 rings (SSSR count). The van der Waals surface area contributed by atoms with Crippen LogP contribution in [-0.2, 0) is 5.41 Å². The van der Waals surface area contributed by atoms with Gasteiger partial charge in [-0.25, -0.2) is 9.97 Å². The Balaban J connectivity index is 1.11. The Morgan fingerprint density at radius 1 is 0.633 bits per heavy atom. The second-order valence-corrected chi connectivity index (χ2v) is 17.7. The van der Waals surface area contributed by atoms with Gasteiger partial charge in [0.1, 0.15) is 0 Å². The van der Waals surface area contributed by atoms with Crippen LogP contribution in [-0.4, -0.2) is 14.5 Å². The van der Waals surface area contributed by atoms with Crippen LogP contribution < -0.4 is 0 Å². The van der Waals surface area contributed by atoms with E-state index in [-0.39, 0.29) is 16.7 Å². The van der Waals surface area contributed by atoms with Gasteiger partial charge in [0, 0.05) is 44.5 Å². The van der Waals surface area contributed by atoms with Crippen molar-refractivity contribution < 1.29 is 0 Å². The zero-order chi connectivity index (χ0) is 40.6. The first-order valence-electron chi connectivity index (χ1n) is 21.3. The molecule has 0 saturated carbocycles. The van der Waals surface area contributed by atoms with E-state index >= 15 is 0 Å². The standard InChI is InChI=1S/C57H47N3/c1-37-17-13-22-42(33-37)55-58-49(38-18-7-5-8-19-38)36-50(59-55)46-26-15-29-52-53(46)47-35-40(30-31-51(47)60(52)43-23-9-6-10-24-43)39-20-14-21-41(34-39)44-27-16-32-57(4)54(44)45-25-11-12-28-48(45)56(57,2)3/h5-16,18-37,54H,17H2,1-4H3. The number of aromatic nitrogens is 3. The lowest BCUT2D eigenvalue weighted by molar-refractivity contribution is 0.249. The van der Waals surface area contributed by atoms with Crippen LogP contribution in [0.4, 0.5) is 0 Å². The number of fused-ring (bicyclic) bond motifs is 6. The molecule has 0 amide bonds. The summed E-state index contributed by atoms with van der Waals surface area (Å²) in [5.74, 6) is 1.46. The lowest BCUT2D eigenvalue weighted by Crippen LogP contribution is -2.37. The summed E-state index contributed by atoms with van der Waals surface area (Å²) in [5, 5.41) is 2.37. The molecule has 0 saturated heterocycles. The molecule has 3 heteroatoms. The lowest BCUT2D eigenvalue weighted by Gasteiger charge is -2.43. The predicted octanol–water partition coefficient (Wildman–Crippen LogP) is 14.6. The fourth-order valence-corrected chi connectivity index (χ4v) is 10.5. The molecule has 0 N–H and O–H groups in total. The molecule has 0 fully saturated rings. The second kappa shape index (κ2) is 13.9. The maximum atomic E-state index is 5.38. The quantitative estimate of drug-likeness (QED) is 0.168. The third-order valence-corrected chi connectivity index (χ3v) is 13.9. The fraction of sp³-hybridized carbons (Fsp3) is 0.158. The van der Waals surface area contributed by atoms with Crippen LogP contribution in [0.1, 0.15) is 62.5 Å². The molecule has 290 valence electrons. The van der Waals surface area contributed by atoms with E-state index in [2.05, 4.69) is 220 Å². The largest absolute Gasteiger partial charge is 0.309 e. The van der Waals surface area contributed by atoms with Crippen LogP contribution in [0.5, 0.6) is 0 Å². The minimum Gasteiger partial charge on any atom is -0.309 e. The molecule has 0 aliphatic heterocycles. The van der Waals surface area contributed by atoms with Gasteiger partial charge in [0.05, 0.1) is 22.4 Å². The summed E-state index contributed by atoms with van der Waals surface area (Å²) in [6, 6.07) is 55.4. The van der Waals surface area contributed by atoms with Crippen molar-refractivity contribution >= 4 is 33.0 Å². The molecule has 3 atom stereocenters. The topological polar surface area (TPSA) is 30.7 Å². The van der Waals surface area contributed by atoms with Crippen molar-refractivity contribution in [2.24, 2.45) is 11.3 Å². The van der Waals surface area contributed by atoms with Crippen LogP contribution >= 0.6 is 0 Å². The number of para-hydroxylation sites is 1. The molecule has 0 spiro atoms. The summed E-state index contributed by atoms with van der Waals surface area (Å²) in [7, 11) is 0. The average Bonchev–Trinajstić information content (AvgIpc) is 3.72. The Hall–Kier alpha value is -6.84. The molecule has 2 heterocycles. The highest BCUT2D eigenvalue weighted by Gasteiger charge is 2.55. The summed E-state index contributed by atoms with van der Waals surface area (Å²) in [6.45, 7) is 9.54. The van der Waals surface area contributed by atoms with E-state index in [9.17, 15) is 0 Å². The zero-order valence-electron chi connectivity index (χ0n) is 34.6. The summed E-state index contributed by atoms with van der Waals surface area (Å²) in [5.41, 5.74) is 16.4. The third-order valence-electron chi connectivity index (χ3n) is 13.9. The Morgan fingerprint density at radius 3 is 2.18 bits per heavy atom. The summed E-state index contributed by atoms with van der Waals surface area (Å²) >= 11 is 0. The highest BCUT2D eigenvalue weighted by atomic mass is 15.0. The van der Waals surface area contributed by atoms with Crippen molar-refractivity contribution in [3.8, 4) is 39.3 Å². The van der Waals surface area contributed by atoms with Crippen molar-refractivity contribution in [2.75, 3.05) is 0 Å². The predicted molar refractivity (Wildman–Crippen MR) is 251 cm³/mol. The van der Waals surface area contributed by atoms with Gasteiger partial charge in [0.15, 0.2) is 5.82 Å². The molecular formula is C57H47N3. The van der Waals surface area contributed by atoms with Crippen molar-refractivity contribution in [3.05, 3.63) is 211 Å². The van der Waals surface area contributed by atoms with E-state index in [0.717, 1.165) is 57.1 Å². The SMILES string of the molecule is CC1C=C(c2nc(-c3ccccc3)cc(-c3cccc4c3c3cc(-c5cccc(C6=CC=CC7(C)C6c6ccccc6C7(C)C)c5)ccc3n4-c3ccccc3)n2)C=CC1. The molecule has 2 aromatic heterocycles. The molecule has 3 nitrogen and oxygen atoms in total. The van der Waals surface area contributed by atoms with Gasteiger partial charge in [-0.05, 0) is 93.6 Å². The maximum Gasteiger partial charge on any atom is 0.160 e. The van der Waals surface area contributed by atoms with E-state index in [1.807, 2.05) is 0 Å². The van der Waals surface area contributed by atoms with E-state index in [1.54, 1.807) is 0 Å². The molecule has 8 aromatic rings.